The van der Waals surface area contributed by atoms with Crippen molar-refractivity contribution in [2.75, 3.05) is 5.75 Å². The number of nitrogens with two attached hydrogens (primary N) is 1. The van der Waals surface area contributed by atoms with Crippen LogP contribution in [0.25, 0.3) is 0 Å². The second kappa shape index (κ2) is 3.63. The number of aromatic amines is 1. The molecule has 3 N–H and O–H groups in total. The van der Waals surface area contributed by atoms with Gasteiger partial charge in [0.1, 0.15) is 0 Å². The van der Waals surface area contributed by atoms with Crippen molar-refractivity contribution in [1.82, 2.24) is 9.97 Å². The number of hydrogen-bond donors (Lipinski definition) is 2. The van der Waals surface area contributed by atoms with Gasteiger partial charge in [-0.25, -0.2) is 4.98 Å². The highest BCUT2D eigenvalue weighted by Gasteiger charge is 1.97. The average molecular weight is 157 g/mol. The number of nitrogens with zero attached hydrogens (tertiary/aromatic N) is 1. The summed E-state index contributed by atoms with van der Waals surface area (Å²) in [5.74, 6) is 0.910. The van der Waals surface area contributed by atoms with Crippen LogP contribution in [0.2, 0.25) is 0 Å². The van der Waals surface area contributed by atoms with E-state index in [0.29, 0.717) is 0 Å². The molecule has 1 rings (SSSR count). The van der Waals surface area contributed by atoms with Crippen molar-refractivity contribution >= 4 is 11.8 Å². The van der Waals surface area contributed by atoms with Gasteiger partial charge in [-0.2, -0.15) is 0 Å². The zero-order valence-electron chi connectivity index (χ0n) is 5.87. The van der Waals surface area contributed by atoms with Crippen molar-refractivity contribution in [1.29, 1.82) is 0 Å². The maximum Gasteiger partial charge on any atom is 0.165 e. The van der Waals surface area contributed by atoms with Crippen LogP contribution in [0.1, 0.15) is 6.92 Å². The predicted molar refractivity (Wildman–Crippen MR) is 43.0 cm³/mol. The van der Waals surface area contributed by atoms with Crippen molar-refractivity contribution in [2.45, 2.75) is 18.1 Å². The molecule has 0 fully saturated rings. The number of hydrogen-bond acceptors (Lipinski definition) is 3. The standard InChI is InChI=1S/C6H11N3S/c1-5(7)4-10-6-8-2-3-9-6/h2-3,5H,4,7H2,1H3,(H,8,9)/t5-/m0/s1. The van der Waals surface area contributed by atoms with Gasteiger partial charge >= 0.3 is 0 Å². The van der Waals surface area contributed by atoms with Gasteiger partial charge in [0, 0.05) is 24.2 Å². The van der Waals surface area contributed by atoms with Gasteiger partial charge in [-0.15, -0.1) is 0 Å². The first-order valence-electron chi connectivity index (χ1n) is 3.17. The third kappa shape index (κ3) is 2.41. The Morgan fingerprint density at radius 2 is 2.70 bits per heavy atom. The van der Waals surface area contributed by atoms with E-state index in [-0.39, 0.29) is 6.04 Å². The topological polar surface area (TPSA) is 54.7 Å². The molecule has 0 saturated heterocycles. The number of aromatic nitrogens is 2. The Kier molecular flexibility index (Phi) is 2.77. The molecule has 0 spiro atoms. The van der Waals surface area contributed by atoms with Gasteiger partial charge in [0.25, 0.3) is 0 Å². The molecule has 0 aliphatic rings. The minimum Gasteiger partial charge on any atom is -0.340 e. The maximum absolute atomic E-state index is 5.55. The zero-order valence-corrected chi connectivity index (χ0v) is 6.69. The second-order valence-corrected chi connectivity index (χ2v) is 3.19. The van der Waals surface area contributed by atoms with Crippen molar-refractivity contribution in [3.8, 4) is 0 Å². The average Bonchev–Trinajstić information content (AvgIpc) is 2.34. The van der Waals surface area contributed by atoms with Crippen LogP contribution in [-0.4, -0.2) is 21.8 Å². The molecule has 3 nitrogen and oxygen atoms in total. The summed E-state index contributed by atoms with van der Waals surface area (Å²) in [6.45, 7) is 1.98. The number of nitrogens with one attached hydrogen (secondary N) is 1. The van der Waals surface area contributed by atoms with Gasteiger partial charge < -0.3 is 10.7 Å². The van der Waals surface area contributed by atoms with Gasteiger partial charge in [0.05, 0.1) is 0 Å². The van der Waals surface area contributed by atoms with Crippen LogP contribution >= 0.6 is 11.8 Å². The van der Waals surface area contributed by atoms with E-state index in [1.165, 1.54) is 0 Å². The van der Waals surface area contributed by atoms with Crippen molar-refractivity contribution in [2.24, 2.45) is 5.73 Å². The molecule has 1 aromatic rings. The largest absolute Gasteiger partial charge is 0.340 e. The van der Waals surface area contributed by atoms with Crippen LogP contribution in [0.15, 0.2) is 17.6 Å². The summed E-state index contributed by atoms with van der Waals surface area (Å²) < 4.78 is 0. The summed E-state index contributed by atoms with van der Waals surface area (Å²) in [6.07, 6.45) is 3.55. The normalized spacial score (nSPS) is 13.4. The number of imidazole rings is 1. The van der Waals surface area contributed by atoms with E-state index in [9.17, 15) is 0 Å². The van der Waals surface area contributed by atoms with Crippen LogP contribution in [0.3, 0.4) is 0 Å². The third-order valence-electron chi connectivity index (χ3n) is 0.956. The van der Waals surface area contributed by atoms with Crippen LogP contribution < -0.4 is 5.73 Å². The molecule has 0 unspecified atom stereocenters. The maximum atomic E-state index is 5.55. The van der Waals surface area contributed by atoms with Crippen molar-refractivity contribution in [3.63, 3.8) is 0 Å². The molecule has 0 bridgehead atoms. The Morgan fingerprint density at radius 1 is 1.90 bits per heavy atom. The van der Waals surface area contributed by atoms with Crippen molar-refractivity contribution in [3.05, 3.63) is 12.4 Å². The van der Waals surface area contributed by atoms with Gasteiger partial charge in [-0.05, 0) is 6.92 Å². The summed E-state index contributed by atoms with van der Waals surface area (Å²) >= 11 is 1.64. The summed E-state index contributed by atoms with van der Waals surface area (Å²) in [5, 5.41) is 0.942. The lowest BCUT2D eigenvalue weighted by molar-refractivity contribution is 0.844. The molecule has 56 valence electrons. The smallest absolute Gasteiger partial charge is 0.165 e. The molecule has 1 heterocycles. The number of H-pyrrole nitrogens is 1. The van der Waals surface area contributed by atoms with Crippen LogP contribution in [0, 0.1) is 0 Å². The van der Waals surface area contributed by atoms with Crippen LogP contribution in [0.4, 0.5) is 0 Å². The van der Waals surface area contributed by atoms with Gasteiger partial charge in [-0.1, -0.05) is 11.8 Å². The molecule has 0 saturated carbocycles. The van der Waals surface area contributed by atoms with Crippen LogP contribution in [-0.2, 0) is 0 Å². The van der Waals surface area contributed by atoms with E-state index in [1.54, 1.807) is 18.0 Å². The summed E-state index contributed by atoms with van der Waals surface area (Å²) in [5.41, 5.74) is 5.55. The van der Waals surface area contributed by atoms with Gasteiger partial charge in [0.15, 0.2) is 5.16 Å². The molecule has 4 heteroatoms. The molecular formula is C6H11N3S. The quantitative estimate of drug-likeness (QED) is 0.639. The lowest BCUT2D eigenvalue weighted by Gasteiger charge is -2.00. The lowest BCUT2D eigenvalue weighted by Crippen LogP contribution is -2.17. The molecule has 1 atom stereocenters. The molecule has 0 aliphatic heterocycles. The monoisotopic (exact) mass is 157 g/mol. The SMILES string of the molecule is C[C@H](N)CSc1ncc[nH]1. The molecule has 0 radical (unpaired) electrons. The summed E-state index contributed by atoms with van der Waals surface area (Å²) in [4.78, 5) is 7.03. The second-order valence-electron chi connectivity index (χ2n) is 2.18. The Bertz CT molecular complexity index is 171. The lowest BCUT2D eigenvalue weighted by atomic mass is 10.4. The van der Waals surface area contributed by atoms with Crippen molar-refractivity contribution < 1.29 is 0 Å². The Morgan fingerprint density at radius 3 is 3.20 bits per heavy atom. The highest BCUT2D eigenvalue weighted by Crippen LogP contribution is 2.11. The first-order chi connectivity index (χ1) is 4.79. The first-order valence-corrected chi connectivity index (χ1v) is 4.15. The molecular weight excluding hydrogens is 146 g/mol. The minimum atomic E-state index is 0.232. The Labute approximate surface area is 64.4 Å². The third-order valence-corrected chi connectivity index (χ3v) is 2.15. The fraction of sp³-hybridized carbons (Fsp3) is 0.500. The zero-order chi connectivity index (χ0) is 7.40. The predicted octanol–water partition coefficient (Wildman–Crippen LogP) is 0.849. The molecule has 1 aromatic heterocycles. The van der Waals surface area contributed by atoms with E-state index in [4.69, 9.17) is 5.73 Å². The molecule has 0 amide bonds. The van der Waals surface area contributed by atoms with E-state index in [1.807, 2.05) is 13.1 Å². The van der Waals surface area contributed by atoms with E-state index < -0.39 is 0 Å². The van der Waals surface area contributed by atoms with E-state index >= 15 is 0 Å². The van der Waals surface area contributed by atoms with Gasteiger partial charge in [0.2, 0.25) is 0 Å². The molecule has 0 aromatic carbocycles. The van der Waals surface area contributed by atoms with E-state index in [0.717, 1.165) is 10.9 Å². The highest BCUT2D eigenvalue weighted by molar-refractivity contribution is 7.99. The molecule has 0 aliphatic carbocycles. The summed E-state index contributed by atoms with van der Waals surface area (Å²) in [7, 11) is 0. The van der Waals surface area contributed by atoms with Crippen LogP contribution in [0.5, 0.6) is 0 Å². The summed E-state index contributed by atoms with van der Waals surface area (Å²) in [6, 6.07) is 0.232. The Balaban J connectivity index is 2.28. The first kappa shape index (κ1) is 7.63. The minimum absolute atomic E-state index is 0.232. The molecule has 10 heavy (non-hydrogen) atoms. The Hall–Kier alpha value is -0.480. The highest BCUT2D eigenvalue weighted by atomic mass is 32.2. The fourth-order valence-corrected chi connectivity index (χ4v) is 1.25. The number of rotatable bonds is 3. The van der Waals surface area contributed by atoms with E-state index in [2.05, 4.69) is 9.97 Å². The fourth-order valence-electron chi connectivity index (χ4n) is 0.540. The number of thioether (sulfide) groups is 1. The van der Waals surface area contributed by atoms with Gasteiger partial charge in [-0.3, -0.25) is 0 Å².